The van der Waals surface area contributed by atoms with E-state index in [1.807, 2.05) is 6.92 Å². The molecule has 4 amide bonds. The smallest absolute Gasteiger partial charge is 0.508 e. The Morgan fingerprint density at radius 2 is 1.59 bits per heavy atom. The number of hydrazine groups is 1. The molecule has 0 aromatic heterocycles. The molecule has 0 radical (unpaired) electrons. The van der Waals surface area contributed by atoms with Crippen LogP contribution in [-0.2, 0) is 24.6 Å². The maximum absolute atomic E-state index is 15.2. The van der Waals surface area contributed by atoms with E-state index in [4.69, 9.17) is 0 Å². The highest BCUT2D eigenvalue weighted by Gasteiger charge is 2.70. The molecular weight excluding hydrogens is 699 g/mol. The summed E-state index contributed by atoms with van der Waals surface area (Å²) in [5.74, 6) is -8.25. The van der Waals surface area contributed by atoms with Crippen LogP contribution in [0.15, 0.2) is 115 Å². The standard InChI is InChI=1S/C42H34F3N3O6/c1-3-24-11-15-27(16-12-24)47-37(50)30-19-18-29-31(35(30)39(47)52)22-33-38(51)48(46-26-13-9-23(2)10-14-26)40(53)41(33,25-7-5-4-6-8-25)36(29)32-21-28(17-20-34(32)49)54-42(43,44)45/h3-18,20-21,30-31,33,35-36,46,49H,1,19,22H2,2H3/t30-,31+,33-,35-,36+,41+/m0/s1. The van der Waals surface area contributed by atoms with Gasteiger partial charge in [0.15, 0.2) is 0 Å². The maximum atomic E-state index is 15.2. The number of carbonyl (C=O) groups is 4. The van der Waals surface area contributed by atoms with Gasteiger partial charge in [0.1, 0.15) is 11.5 Å². The number of carbonyl (C=O) groups excluding carboxylic acids is 4. The van der Waals surface area contributed by atoms with Crippen molar-refractivity contribution in [1.82, 2.24) is 5.01 Å². The lowest BCUT2D eigenvalue weighted by molar-refractivity contribution is -0.274. The first kappa shape index (κ1) is 34.9. The zero-order chi connectivity index (χ0) is 38.1. The van der Waals surface area contributed by atoms with E-state index in [0.717, 1.165) is 39.2 Å². The number of rotatable bonds is 7. The van der Waals surface area contributed by atoms with Crippen LogP contribution < -0.4 is 15.1 Å². The molecule has 2 heterocycles. The molecule has 6 atom stereocenters. The van der Waals surface area contributed by atoms with Crippen LogP contribution >= 0.6 is 0 Å². The Morgan fingerprint density at radius 1 is 0.889 bits per heavy atom. The minimum atomic E-state index is -5.07. The van der Waals surface area contributed by atoms with Gasteiger partial charge in [-0.25, -0.2) is 0 Å². The van der Waals surface area contributed by atoms with Gasteiger partial charge in [0.05, 0.1) is 34.5 Å². The summed E-state index contributed by atoms with van der Waals surface area (Å²) < 4.78 is 45.1. The molecule has 2 aliphatic carbocycles. The van der Waals surface area contributed by atoms with Crippen LogP contribution in [0.25, 0.3) is 6.08 Å². The number of nitrogens with one attached hydrogen (secondary N) is 1. The molecular formula is C42H34F3N3O6. The van der Waals surface area contributed by atoms with Crippen LogP contribution in [-0.4, -0.2) is 40.1 Å². The number of anilines is 2. The zero-order valence-corrected chi connectivity index (χ0v) is 28.9. The molecule has 2 saturated heterocycles. The molecule has 54 heavy (non-hydrogen) atoms. The summed E-state index contributed by atoms with van der Waals surface area (Å²) in [6.07, 6.45) is -1.62. The molecule has 3 fully saturated rings. The molecule has 0 unspecified atom stereocenters. The van der Waals surface area contributed by atoms with Gasteiger partial charge in [-0.15, -0.1) is 13.2 Å². The first-order valence-corrected chi connectivity index (χ1v) is 17.5. The second-order valence-corrected chi connectivity index (χ2v) is 14.2. The molecule has 9 nitrogen and oxygen atoms in total. The van der Waals surface area contributed by atoms with Crippen molar-refractivity contribution >= 4 is 41.1 Å². The van der Waals surface area contributed by atoms with Crippen molar-refractivity contribution in [2.45, 2.75) is 37.5 Å². The van der Waals surface area contributed by atoms with Gasteiger partial charge in [0.2, 0.25) is 11.8 Å². The fourth-order valence-corrected chi connectivity index (χ4v) is 9.07. The van der Waals surface area contributed by atoms with Crippen LogP contribution in [0.1, 0.15) is 41.0 Å². The van der Waals surface area contributed by atoms with E-state index < -0.39 is 76.5 Å². The summed E-state index contributed by atoms with van der Waals surface area (Å²) in [5, 5.41) is 12.5. The van der Waals surface area contributed by atoms with Gasteiger partial charge in [-0.2, -0.15) is 5.01 Å². The quantitative estimate of drug-likeness (QED) is 0.150. The third kappa shape index (κ3) is 5.38. The third-order valence-corrected chi connectivity index (χ3v) is 11.3. The van der Waals surface area contributed by atoms with Gasteiger partial charge in [-0.3, -0.25) is 29.5 Å². The van der Waals surface area contributed by atoms with Gasteiger partial charge < -0.3 is 9.84 Å². The summed E-state index contributed by atoms with van der Waals surface area (Å²) in [5.41, 5.74) is 4.49. The monoisotopic (exact) mass is 733 g/mol. The summed E-state index contributed by atoms with van der Waals surface area (Å²) in [6, 6.07) is 25.3. The van der Waals surface area contributed by atoms with E-state index in [1.54, 1.807) is 91.0 Å². The summed E-state index contributed by atoms with van der Waals surface area (Å²) in [6.45, 7) is 5.64. The average Bonchev–Trinajstić information content (AvgIpc) is 3.54. The minimum Gasteiger partial charge on any atom is -0.508 e. The number of amides is 4. The van der Waals surface area contributed by atoms with Crippen LogP contribution in [0.2, 0.25) is 0 Å². The number of alkyl halides is 3. The molecule has 4 aromatic rings. The molecule has 4 aliphatic rings. The maximum Gasteiger partial charge on any atom is 0.573 e. The first-order chi connectivity index (χ1) is 25.8. The normalized spacial score (nSPS) is 26.2. The molecule has 8 rings (SSSR count). The van der Waals surface area contributed by atoms with Crippen molar-refractivity contribution in [2.75, 3.05) is 10.3 Å². The van der Waals surface area contributed by atoms with E-state index >= 15 is 4.79 Å². The Kier molecular flexibility index (Phi) is 8.24. The number of fused-ring (bicyclic) bond motifs is 4. The molecule has 274 valence electrons. The fraction of sp³-hybridized carbons (Fsp3) is 0.238. The van der Waals surface area contributed by atoms with E-state index in [0.29, 0.717) is 22.5 Å². The summed E-state index contributed by atoms with van der Waals surface area (Å²) in [4.78, 5) is 59.7. The lowest BCUT2D eigenvalue weighted by Gasteiger charge is -2.50. The molecule has 0 spiro atoms. The summed E-state index contributed by atoms with van der Waals surface area (Å²) >= 11 is 0. The second kappa shape index (κ2) is 12.8. The Bertz CT molecular complexity index is 2240. The minimum absolute atomic E-state index is 0.0309. The number of allylic oxidation sites excluding steroid dienone is 2. The summed E-state index contributed by atoms with van der Waals surface area (Å²) in [7, 11) is 0. The second-order valence-electron chi connectivity index (χ2n) is 14.2. The van der Waals surface area contributed by atoms with Gasteiger partial charge in [0.25, 0.3) is 11.8 Å². The lowest BCUT2D eigenvalue weighted by Crippen LogP contribution is -2.53. The van der Waals surface area contributed by atoms with Gasteiger partial charge in [-0.1, -0.05) is 84.5 Å². The van der Waals surface area contributed by atoms with Crippen molar-refractivity contribution in [3.05, 3.63) is 138 Å². The third-order valence-electron chi connectivity index (χ3n) is 11.3. The molecule has 4 aromatic carbocycles. The van der Waals surface area contributed by atoms with Crippen molar-refractivity contribution in [2.24, 2.45) is 23.7 Å². The Balaban J connectivity index is 1.33. The van der Waals surface area contributed by atoms with E-state index in [9.17, 15) is 32.7 Å². The van der Waals surface area contributed by atoms with Crippen LogP contribution in [0.5, 0.6) is 11.5 Å². The van der Waals surface area contributed by atoms with E-state index in [2.05, 4.69) is 16.7 Å². The Morgan fingerprint density at radius 3 is 2.26 bits per heavy atom. The number of ether oxygens (including phenoxy) is 1. The van der Waals surface area contributed by atoms with Crippen LogP contribution in [0.4, 0.5) is 24.5 Å². The highest BCUT2D eigenvalue weighted by atomic mass is 19.4. The number of benzene rings is 4. The predicted octanol–water partition coefficient (Wildman–Crippen LogP) is 7.43. The largest absolute Gasteiger partial charge is 0.573 e. The van der Waals surface area contributed by atoms with Gasteiger partial charge in [0, 0.05) is 11.5 Å². The molecule has 2 aliphatic heterocycles. The number of phenols is 1. The Hall–Kier alpha value is -6.17. The number of imide groups is 2. The number of aryl methyl sites for hydroxylation is 1. The predicted molar refractivity (Wildman–Crippen MR) is 193 cm³/mol. The van der Waals surface area contributed by atoms with E-state index in [1.165, 1.54) is 0 Å². The zero-order valence-electron chi connectivity index (χ0n) is 28.9. The highest BCUT2D eigenvalue weighted by molar-refractivity contribution is 6.22. The number of nitrogens with zero attached hydrogens (tertiary/aromatic N) is 2. The molecule has 0 bridgehead atoms. The molecule has 2 N–H and O–H groups in total. The number of phenolic OH excluding ortho intramolecular Hbond substituents is 1. The first-order valence-electron chi connectivity index (χ1n) is 17.5. The SMILES string of the molecule is C=Cc1ccc(N2C(=O)[C@H]3[C@H](CC=C4[C@H]3C[C@H]3C(=O)N(Nc5ccc(C)cc5)C(=O)[C@@]3(c3ccccc3)[C@H]4c3cc(OC(F)(F)F)ccc3O)C2=O)cc1. The number of hydrogen-bond acceptors (Lipinski definition) is 7. The van der Waals surface area contributed by atoms with E-state index in [-0.39, 0.29) is 18.4 Å². The molecule has 12 heteroatoms. The van der Waals surface area contributed by atoms with Gasteiger partial charge >= 0.3 is 6.36 Å². The lowest BCUT2D eigenvalue weighted by atomic mass is 9.49. The topological polar surface area (TPSA) is 116 Å². The van der Waals surface area contributed by atoms with Crippen molar-refractivity contribution in [3.63, 3.8) is 0 Å². The number of aromatic hydroxyl groups is 1. The van der Waals surface area contributed by atoms with Crippen molar-refractivity contribution in [3.8, 4) is 11.5 Å². The average molecular weight is 734 g/mol. The number of hydrogen-bond donors (Lipinski definition) is 2. The van der Waals surface area contributed by atoms with Crippen molar-refractivity contribution in [1.29, 1.82) is 0 Å². The Labute approximate surface area is 308 Å². The van der Waals surface area contributed by atoms with Crippen LogP contribution in [0, 0.1) is 30.6 Å². The molecule has 1 saturated carbocycles. The highest BCUT2D eigenvalue weighted by Crippen LogP contribution is 2.65. The van der Waals surface area contributed by atoms with Crippen molar-refractivity contribution < 1.29 is 42.2 Å². The van der Waals surface area contributed by atoms with Crippen LogP contribution in [0.3, 0.4) is 0 Å². The fourth-order valence-electron chi connectivity index (χ4n) is 9.07. The van der Waals surface area contributed by atoms with Gasteiger partial charge in [-0.05, 0) is 79.3 Å². The number of halogens is 3.